The Morgan fingerprint density at radius 2 is 1.58 bits per heavy atom. The van der Waals surface area contributed by atoms with E-state index in [4.69, 9.17) is 25.6 Å². The predicted octanol–water partition coefficient (Wildman–Crippen LogP) is 2.88. The highest BCUT2D eigenvalue weighted by molar-refractivity contribution is 7.86. The van der Waals surface area contributed by atoms with Crippen LogP contribution in [0.1, 0.15) is 11.1 Å². The smallest absolute Gasteiger partial charge is 0.321 e. The van der Waals surface area contributed by atoms with Crippen molar-refractivity contribution in [1.29, 1.82) is 0 Å². The maximum atomic E-state index is 11.0. The van der Waals surface area contributed by atoms with Crippen molar-refractivity contribution in [2.24, 2.45) is 0 Å². The van der Waals surface area contributed by atoms with Gasteiger partial charge in [0.25, 0.3) is 0 Å². The Bertz CT molecular complexity index is 831. The Kier molecular flexibility index (Phi) is 6.88. The summed E-state index contributed by atoms with van der Waals surface area (Å²) in [6.07, 6.45) is 1.93. The molecule has 2 aromatic carbocycles. The molecule has 0 aliphatic carbocycles. The predicted molar refractivity (Wildman–Crippen MR) is 98.5 cm³/mol. The standard InChI is InChI=1S/C18H19ClO6S/c1-26(22,23)25-16-8-6-15(7-9-16)24-11-10-13-2-4-14(5-3-13)12-17(19)18(20)21/h2-9,17H,10-12H2,1H3,(H,20,21). The van der Waals surface area contributed by atoms with E-state index in [9.17, 15) is 13.2 Å². The van der Waals surface area contributed by atoms with Gasteiger partial charge in [0.15, 0.2) is 0 Å². The Balaban J connectivity index is 1.81. The summed E-state index contributed by atoms with van der Waals surface area (Å²) in [7, 11) is -3.54. The minimum atomic E-state index is -3.54. The number of alkyl halides is 1. The summed E-state index contributed by atoms with van der Waals surface area (Å²) < 4.78 is 32.5. The number of rotatable bonds is 9. The maximum absolute atomic E-state index is 11.0. The zero-order valence-electron chi connectivity index (χ0n) is 14.1. The van der Waals surface area contributed by atoms with Crippen molar-refractivity contribution in [3.05, 3.63) is 59.7 Å². The van der Waals surface area contributed by atoms with Gasteiger partial charge in [0.1, 0.15) is 16.9 Å². The highest BCUT2D eigenvalue weighted by Gasteiger charge is 2.13. The van der Waals surface area contributed by atoms with Gasteiger partial charge in [-0.15, -0.1) is 11.6 Å². The fraction of sp³-hybridized carbons (Fsp3) is 0.278. The molecule has 140 valence electrons. The van der Waals surface area contributed by atoms with Crippen LogP contribution >= 0.6 is 11.6 Å². The van der Waals surface area contributed by atoms with Crippen molar-refractivity contribution in [2.45, 2.75) is 18.2 Å². The molecule has 8 heteroatoms. The number of halogens is 1. The van der Waals surface area contributed by atoms with Gasteiger partial charge >= 0.3 is 16.1 Å². The molecule has 0 aromatic heterocycles. The van der Waals surface area contributed by atoms with Gasteiger partial charge in [-0.3, -0.25) is 4.79 Å². The van der Waals surface area contributed by atoms with Gasteiger partial charge in [-0.25, -0.2) is 0 Å². The van der Waals surface area contributed by atoms with Crippen LogP contribution in [-0.2, 0) is 27.8 Å². The third-order valence-electron chi connectivity index (χ3n) is 3.44. The van der Waals surface area contributed by atoms with Gasteiger partial charge in [0.2, 0.25) is 0 Å². The zero-order valence-corrected chi connectivity index (χ0v) is 15.7. The molecular formula is C18H19ClO6S. The Morgan fingerprint density at radius 3 is 2.12 bits per heavy atom. The molecular weight excluding hydrogens is 380 g/mol. The number of ether oxygens (including phenoxy) is 1. The van der Waals surface area contributed by atoms with Gasteiger partial charge in [-0.05, 0) is 41.8 Å². The second kappa shape index (κ2) is 8.91. The maximum Gasteiger partial charge on any atom is 0.321 e. The lowest BCUT2D eigenvalue weighted by molar-refractivity contribution is -0.136. The highest BCUT2D eigenvalue weighted by atomic mass is 35.5. The number of hydrogen-bond donors (Lipinski definition) is 1. The van der Waals surface area contributed by atoms with Crippen LogP contribution in [0.2, 0.25) is 0 Å². The lowest BCUT2D eigenvalue weighted by Crippen LogP contribution is -2.15. The van der Waals surface area contributed by atoms with E-state index in [0.29, 0.717) is 18.8 Å². The summed E-state index contributed by atoms with van der Waals surface area (Å²) >= 11 is 5.73. The summed E-state index contributed by atoms with van der Waals surface area (Å²) in [6.45, 7) is 0.443. The SMILES string of the molecule is CS(=O)(=O)Oc1ccc(OCCc2ccc(CC(Cl)C(=O)O)cc2)cc1. The van der Waals surface area contributed by atoms with E-state index in [1.807, 2.05) is 24.3 Å². The first kappa shape index (κ1) is 20.1. The average Bonchev–Trinajstić information content (AvgIpc) is 2.56. The molecule has 1 atom stereocenters. The molecule has 26 heavy (non-hydrogen) atoms. The largest absolute Gasteiger partial charge is 0.493 e. The van der Waals surface area contributed by atoms with Gasteiger partial charge in [-0.1, -0.05) is 24.3 Å². The van der Waals surface area contributed by atoms with E-state index >= 15 is 0 Å². The number of carboxylic acids is 1. The summed E-state index contributed by atoms with van der Waals surface area (Å²) in [6, 6.07) is 13.8. The number of carbonyl (C=O) groups is 1. The summed E-state index contributed by atoms with van der Waals surface area (Å²) in [5.41, 5.74) is 1.91. The summed E-state index contributed by atoms with van der Waals surface area (Å²) in [5.74, 6) is -0.194. The molecule has 0 bridgehead atoms. The van der Waals surface area contributed by atoms with Crippen molar-refractivity contribution in [3.63, 3.8) is 0 Å². The van der Waals surface area contributed by atoms with E-state index in [-0.39, 0.29) is 12.2 Å². The van der Waals surface area contributed by atoms with Crippen LogP contribution in [0.15, 0.2) is 48.5 Å². The molecule has 0 aliphatic rings. The fourth-order valence-electron chi connectivity index (χ4n) is 2.19. The van der Waals surface area contributed by atoms with Gasteiger partial charge in [0, 0.05) is 6.42 Å². The third kappa shape index (κ3) is 6.93. The molecule has 0 heterocycles. The first-order valence-corrected chi connectivity index (χ1v) is 10.1. The van der Waals surface area contributed by atoms with Crippen LogP contribution in [0.25, 0.3) is 0 Å². The third-order valence-corrected chi connectivity index (χ3v) is 4.27. The van der Waals surface area contributed by atoms with Gasteiger partial charge in [0.05, 0.1) is 12.9 Å². The molecule has 0 saturated carbocycles. The lowest BCUT2D eigenvalue weighted by atomic mass is 10.1. The fourth-order valence-corrected chi connectivity index (χ4v) is 2.83. The second-order valence-corrected chi connectivity index (χ2v) is 7.79. The van der Waals surface area contributed by atoms with Crippen molar-refractivity contribution < 1.29 is 27.2 Å². The summed E-state index contributed by atoms with van der Waals surface area (Å²) in [5, 5.41) is 7.88. The molecule has 2 aromatic rings. The zero-order chi connectivity index (χ0) is 19.2. The molecule has 1 unspecified atom stereocenters. The van der Waals surface area contributed by atoms with Crippen LogP contribution in [0.5, 0.6) is 11.5 Å². The Hall–Kier alpha value is -2.25. The molecule has 0 fully saturated rings. The molecule has 0 aliphatic heterocycles. The van der Waals surface area contributed by atoms with E-state index in [1.54, 1.807) is 12.1 Å². The minimum absolute atomic E-state index is 0.231. The van der Waals surface area contributed by atoms with E-state index in [2.05, 4.69) is 0 Å². The van der Waals surface area contributed by atoms with Gasteiger partial charge < -0.3 is 14.0 Å². The first-order chi connectivity index (χ1) is 12.2. The van der Waals surface area contributed by atoms with Crippen molar-refractivity contribution in [3.8, 4) is 11.5 Å². The van der Waals surface area contributed by atoms with E-state index in [1.165, 1.54) is 12.1 Å². The Labute approximate surface area is 157 Å². The van der Waals surface area contributed by atoms with Crippen LogP contribution in [0, 0.1) is 0 Å². The molecule has 0 amide bonds. The summed E-state index contributed by atoms with van der Waals surface area (Å²) in [4.78, 5) is 10.7. The number of carboxylic acid groups (broad SMARTS) is 1. The molecule has 1 N–H and O–H groups in total. The van der Waals surface area contributed by atoms with Crippen LogP contribution < -0.4 is 8.92 Å². The van der Waals surface area contributed by atoms with Crippen molar-refractivity contribution in [1.82, 2.24) is 0 Å². The average molecular weight is 399 g/mol. The second-order valence-electron chi connectivity index (χ2n) is 5.68. The van der Waals surface area contributed by atoms with Gasteiger partial charge in [-0.2, -0.15) is 8.42 Å². The van der Waals surface area contributed by atoms with Crippen LogP contribution in [-0.4, -0.2) is 37.7 Å². The van der Waals surface area contributed by atoms with E-state index < -0.39 is 21.5 Å². The highest BCUT2D eigenvalue weighted by Crippen LogP contribution is 2.19. The quantitative estimate of drug-likeness (QED) is 0.516. The number of aliphatic carboxylic acids is 1. The molecule has 0 spiro atoms. The number of hydrogen-bond acceptors (Lipinski definition) is 5. The lowest BCUT2D eigenvalue weighted by Gasteiger charge is -2.09. The topological polar surface area (TPSA) is 89.9 Å². The van der Waals surface area contributed by atoms with Crippen molar-refractivity contribution >= 4 is 27.7 Å². The Morgan fingerprint density at radius 1 is 1.04 bits per heavy atom. The molecule has 0 saturated heterocycles. The minimum Gasteiger partial charge on any atom is -0.493 e. The number of benzene rings is 2. The molecule has 6 nitrogen and oxygen atoms in total. The normalized spacial score (nSPS) is 12.4. The molecule has 0 radical (unpaired) electrons. The van der Waals surface area contributed by atoms with Crippen LogP contribution in [0.4, 0.5) is 0 Å². The van der Waals surface area contributed by atoms with Crippen LogP contribution in [0.3, 0.4) is 0 Å². The molecule has 2 rings (SSSR count). The monoisotopic (exact) mass is 398 g/mol. The van der Waals surface area contributed by atoms with Crippen molar-refractivity contribution in [2.75, 3.05) is 12.9 Å². The first-order valence-electron chi connectivity index (χ1n) is 7.80. The van der Waals surface area contributed by atoms with E-state index in [0.717, 1.165) is 17.4 Å².